The summed E-state index contributed by atoms with van der Waals surface area (Å²) < 4.78 is 1.64. The van der Waals surface area contributed by atoms with Crippen LogP contribution in [-0.4, -0.2) is 31.2 Å². The topological polar surface area (TPSA) is 66.8 Å². The van der Waals surface area contributed by atoms with Crippen LogP contribution in [0.15, 0.2) is 35.3 Å². The first-order chi connectivity index (χ1) is 10.7. The van der Waals surface area contributed by atoms with Gasteiger partial charge in [0.15, 0.2) is 5.65 Å². The Kier molecular flexibility index (Phi) is 3.04. The zero-order chi connectivity index (χ0) is 15.1. The van der Waals surface area contributed by atoms with E-state index in [0.29, 0.717) is 23.4 Å². The minimum Gasteiger partial charge on any atom is -0.309 e. The molecular formula is C16H17N5O. The minimum absolute atomic E-state index is 0.120. The highest BCUT2D eigenvalue weighted by Crippen LogP contribution is 2.19. The predicted octanol–water partition coefficient (Wildman–Crippen LogP) is 1.21. The van der Waals surface area contributed by atoms with Crippen molar-refractivity contribution in [2.45, 2.75) is 19.5 Å². The molecule has 0 atom stereocenters. The van der Waals surface area contributed by atoms with E-state index in [1.807, 2.05) is 0 Å². The lowest BCUT2D eigenvalue weighted by atomic mass is 10.00. The highest BCUT2D eigenvalue weighted by molar-refractivity contribution is 5.72. The zero-order valence-corrected chi connectivity index (χ0v) is 12.4. The monoisotopic (exact) mass is 295 g/mol. The molecule has 6 nitrogen and oxygen atoms in total. The van der Waals surface area contributed by atoms with Crippen molar-refractivity contribution in [2.24, 2.45) is 7.05 Å². The normalized spacial score (nSPS) is 15.1. The Labute approximate surface area is 127 Å². The second-order valence-electron chi connectivity index (χ2n) is 5.75. The summed E-state index contributed by atoms with van der Waals surface area (Å²) in [6.07, 6.45) is 2.59. The molecule has 1 aromatic carbocycles. The molecule has 6 heteroatoms. The van der Waals surface area contributed by atoms with Crippen LogP contribution in [0.2, 0.25) is 0 Å². The molecule has 1 aliphatic rings. The SMILES string of the molecule is Cn1ncc2c(=O)[nH]c(CN3CCc4ccccc4C3)nc21. The molecule has 0 bridgehead atoms. The highest BCUT2D eigenvalue weighted by atomic mass is 16.1. The molecule has 2 aromatic heterocycles. The standard InChI is InChI=1S/C16H17N5O/c1-20-15-13(8-17-20)16(22)19-14(18-15)10-21-7-6-11-4-2-3-5-12(11)9-21/h2-5,8H,6-7,9-10H2,1H3,(H,18,19,22). The van der Waals surface area contributed by atoms with Crippen molar-refractivity contribution in [2.75, 3.05) is 6.54 Å². The molecule has 4 rings (SSSR count). The molecule has 112 valence electrons. The first-order valence-corrected chi connectivity index (χ1v) is 7.41. The van der Waals surface area contributed by atoms with E-state index in [2.05, 4.69) is 44.2 Å². The smallest absolute Gasteiger partial charge is 0.262 e. The third kappa shape index (κ3) is 2.21. The molecule has 22 heavy (non-hydrogen) atoms. The van der Waals surface area contributed by atoms with Gasteiger partial charge in [-0.2, -0.15) is 5.10 Å². The fourth-order valence-corrected chi connectivity index (χ4v) is 3.05. The number of hydrogen-bond acceptors (Lipinski definition) is 4. The van der Waals surface area contributed by atoms with Crippen LogP contribution in [0, 0.1) is 0 Å². The maximum absolute atomic E-state index is 12.1. The maximum Gasteiger partial charge on any atom is 0.262 e. The lowest BCUT2D eigenvalue weighted by molar-refractivity contribution is 0.239. The Hall–Kier alpha value is -2.47. The summed E-state index contributed by atoms with van der Waals surface area (Å²) in [6.45, 7) is 2.51. The van der Waals surface area contributed by atoms with Crippen molar-refractivity contribution in [3.63, 3.8) is 0 Å². The molecule has 0 radical (unpaired) electrons. The van der Waals surface area contributed by atoms with Crippen LogP contribution in [0.3, 0.4) is 0 Å². The van der Waals surface area contributed by atoms with E-state index in [4.69, 9.17) is 0 Å². The summed E-state index contributed by atoms with van der Waals surface area (Å²) in [5.41, 5.74) is 3.29. The van der Waals surface area contributed by atoms with Gasteiger partial charge in [0.1, 0.15) is 11.2 Å². The molecule has 0 amide bonds. The molecule has 0 saturated carbocycles. The van der Waals surface area contributed by atoms with Crippen LogP contribution in [0.1, 0.15) is 17.0 Å². The van der Waals surface area contributed by atoms with Crippen LogP contribution in [-0.2, 0) is 26.6 Å². The van der Waals surface area contributed by atoms with Gasteiger partial charge < -0.3 is 4.98 Å². The largest absolute Gasteiger partial charge is 0.309 e. The van der Waals surface area contributed by atoms with E-state index in [-0.39, 0.29) is 5.56 Å². The fourth-order valence-electron chi connectivity index (χ4n) is 3.05. The number of nitrogens with zero attached hydrogens (tertiary/aromatic N) is 4. The van der Waals surface area contributed by atoms with Crippen molar-refractivity contribution in [3.05, 3.63) is 57.8 Å². The summed E-state index contributed by atoms with van der Waals surface area (Å²) in [5, 5.41) is 4.63. The van der Waals surface area contributed by atoms with Crippen LogP contribution >= 0.6 is 0 Å². The highest BCUT2D eigenvalue weighted by Gasteiger charge is 2.17. The predicted molar refractivity (Wildman–Crippen MR) is 83.4 cm³/mol. The Morgan fingerprint density at radius 2 is 2.09 bits per heavy atom. The summed E-state index contributed by atoms with van der Waals surface area (Å²) in [4.78, 5) is 21.8. The number of benzene rings is 1. The second kappa shape index (κ2) is 5.06. The van der Waals surface area contributed by atoms with E-state index >= 15 is 0 Å². The molecule has 1 N–H and O–H groups in total. The van der Waals surface area contributed by atoms with Crippen molar-refractivity contribution in [1.82, 2.24) is 24.6 Å². The van der Waals surface area contributed by atoms with Gasteiger partial charge in [-0.05, 0) is 17.5 Å². The number of fused-ring (bicyclic) bond motifs is 2. The average Bonchev–Trinajstić information content (AvgIpc) is 2.89. The lowest BCUT2D eigenvalue weighted by Gasteiger charge is -2.28. The van der Waals surface area contributed by atoms with Gasteiger partial charge >= 0.3 is 0 Å². The van der Waals surface area contributed by atoms with Crippen molar-refractivity contribution in [1.29, 1.82) is 0 Å². The summed E-state index contributed by atoms with van der Waals surface area (Å²) in [6, 6.07) is 8.52. The van der Waals surface area contributed by atoms with Gasteiger partial charge in [-0.1, -0.05) is 24.3 Å². The van der Waals surface area contributed by atoms with Gasteiger partial charge in [-0.15, -0.1) is 0 Å². The Morgan fingerprint density at radius 3 is 2.95 bits per heavy atom. The average molecular weight is 295 g/mol. The summed E-state index contributed by atoms with van der Waals surface area (Å²) in [7, 11) is 1.80. The van der Waals surface area contributed by atoms with Gasteiger partial charge in [0.05, 0.1) is 12.7 Å². The van der Waals surface area contributed by atoms with Gasteiger partial charge in [-0.3, -0.25) is 14.4 Å². The first kappa shape index (κ1) is 13.2. The molecular weight excluding hydrogens is 278 g/mol. The van der Waals surface area contributed by atoms with Gasteiger partial charge in [0.2, 0.25) is 0 Å². The van der Waals surface area contributed by atoms with Gasteiger partial charge in [-0.25, -0.2) is 4.98 Å². The van der Waals surface area contributed by atoms with E-state index in [1.165, 1.54) is 11.1 Å². The Bertz CT molecular complexity index is 895. The van der Waals surface area contributed by atoms with Crippen molar-refractivity contribution < 1.29 is 0 Å². The summed E-state index contributed by atoms with van der Waals surface area (Å²) in [5.74, 6) is 0.695. The van der Waals surface area contributed by atoms with E-state index in [9.17, 15) is 4.79 Å². The minimum atomic E-state index is -0.120. The number of aryl methyl sites for hydroxylation is 1. The molecule has 0 saturated heterocycles. The lowest BCUT2D eigenvalue weighted by Crippen LogP contribution is -2.31. The van der Waals surface area contributed by atoms with E-state index in [1.54, 1.807) is 17.9 Å². The first-order valence-electron chi connectivity index (χ1n) is 7.41. The Morgan fingerprint density at radius 1 is 1.27 bits per heavy atom. The van der Waals surface area contributed by atoms with E-state index in [0.717, 1.165) is 19.5 Å². The third-order valence-corrected chi connectivity index (χ3v) is 4.23. The van der Waals surface area contributed by atoms with Crippen molar-refractivity contribution >= 4 is 11.0 Å². The number of rotatable bonds is 2. The molecule has 1 aliphatic heterocycles. The third-order valence-electron chi connectivity index (χ3n) is 4.23. The van der Waals surface area contributed by atoms with E-state index < -0.39 is 0 Å². The Balaban J connectivity index is 1.62. The number of nitrogens with one attached hydrogen (secondary N) is 1. The molecule has 0 unspecified atom stereocenters. The number of aromatic amines is 1. The zero-order valence-electron chi connectivity index (χ0n) is 12.4. The molecule has 3 aromatic rings. The number of aromatic nitrogens is 4. The van der Waals surface area contributed by atoms with Crippen LogP contribution in [0.5, 0.6) is 0 Å². The summed E-state index contributed by atoms with van der Waals surface area (Å²) >= 11 is 0. The molecule has 0 aliphatic carbocycles. The quantitative estimate of drug-likeness (QED) is 0.772. The second-order valence-corrected chi connectivity index (χ2v) is 5.75. The molecule has 0 spiro atoms. The maximum atomic E-state index is 12.1. The molecule has 3 heterocycles. The van der Waals surface area contributed by atoms with Crippen LogP contribution in [0.4, 0.5) is 0 Å². The van der Waals surface area contributed by atoms with Crippen LogP contribution in [0.25, 0.3) is 11.0 Å². The van der Waals surface area contributed by atoms with Gasteiger partial charge in [0, 0.05) is 20.1 Å². The fraction of sp³-hybridized carbons (Fsp3) is 0.312. The number of H-pyrrole nitrogens is 1. The van der Waals surface area contributed by atoms with Crippen molar-refractivity contribution in [3.8, 4) is 0 Å². The molecule has 0 fully saturated rings. The van der Waals surface area contributed by atoms with Gasteiger partial charge in [0.25, 0.3) is 5.56 Å². The van der Waals surface area contributed by atoms with Crippen LogP contribution < -0.4 is 5.56 Å². The number of hydrogen-bond donors (Lipinski definition) is 1.